The van der Waals surface area contributed by atoms with Crippen LogP contribution in [0.15, 0.2) is 23.3 Å². The Kier molecular flexibility index (Phi) is 2.59. The second-order valence-corrected chi connectivity index (χ2v) is 4.62. The quantitative estimate of drug-likeness (QED) is 0.806. The number of aromatic hydroxyl groups is 1. The second kappa shape index (κ2) is 3.79. The van der Waals surface area contributed by atoms with Gasteiger partial charge in [0.1, 0.15) is 16.5 Å². The summed E-state index contributed by atoms with van der Waals surface area (Å²) in [5, 5.41) is 19.1. The van der Waals surface area contributed by atoms with E-state index >= 15 is 0 Å². The first-order valence-corrected chi connectivity index (χ1v) is 5.62. The number of aliphatic carboxylic acids is 1. The Morgan fingerprint density at radius 2 is 2.38 bits per heavy atom. The molecule has 1 unspecified atom stereocenters. The summed E-state index contributed by atoms with van der Waals surface area (Å²) in [6.07, 6.45) is 1.54. The van der Waals surface area contributed by atoms with Crippen molar-refractivity contribution in [3.63, 3.8) is 0 Å². The summed E-state index contributed by atoms with van der Waals surface area (Å²) >= 11 is 1.29. The molecular weight excluding hydrogens is 228 g/mol. The van der Waals surface area contributed by atoms with Crippen LogP contribution in [-0.2, 0) is 4.79 Å². The molecule has 5 nitrogen and oxygen atoms in total. The molecule has 0 aliphatic carbocycles. The van der Waals surface area contributed by atoms with Crippen LogP contribution in [0.25, 0.3) is 0 Å². The number of rotatable bonds is 2. The summed E-state index contributed by atoms with van der Waals surface area (Å²) < 4.78 is 0. The molecule has 1 atom stereocenters. The van der Waals surface area contributed by atoms with E-state index in [0.717, 1.165) is 0 Å². The van der Waals surface area contributed by atoms with Crippen LogP contribution in [0.3, 0.4) is 0 Å². The lowest BCUT2D eigenvalue weighted by molar-refractivity contribution is -0.141. The van der Waals surface area contributed by atoms with Crippen molar-refractivity contribution in [2.75, 3.05) is 5.75 Å². The van der Waals surface area contributed by atoms with E-state index in [4.69, 9.17) is 5.11 Å². The second-order valence-electron chi connectivity index (χ2n) is 3.66. The highest BCUT2D eigenvalue weighted by atomic mass is 32.2. The van der Waals surface area contributed by atoms with E-state index in [1.807, 2.05) is 0 Å². The van der Waals surface area contributed by atoms with Crippen molar-refractivity contribution in [1.29, 1.82) is 0 Å². The molecule has 0 fully saturated rings. The van der Waals surface area contributed by atoms with Gasteiger partial charge in [0.2, 0.25) is 0 Å². The molecule has 0 amide bonds. The summed E-state index contributed by atoms with van der Waals surface area (Å²) in [7, 11) is 0. The normalized spacial score (nSPS) is 24.2. The van der Waals surface area contributed by atoms with Gasteiger partial charge < -0.3 is 10.2 Å². The summed E-state index contributed by atoms with van der Waals surface area (Å²) in [5.41, 5.74) is -0.776. The van der Waals surface area contributed by atoms with Gasteiger partial charge in [-0.1, -0.05) is 0 Å². The number of carboxylic acid groups (broad SMARTS) is 1. The maximum atomic E-state index is 11.0. The van der Waals surface area contributed by atoms with Crippen molar-refractivity contribution in [2.45, 2.75) is 12.5 Å². The molecular formula is C10H10N2O3S. The van der Waals surface area contributed by atoms with E-state index in [-0.39, 0.29) is 5.75 Å². The number of carboxylic acids is 1. The van der Waals surface area contributed by atoms with E-state index in [1.165, 1.54) is 24.0 Å². The average molecular weight is 238 g/mol. The minimum atomic E-state index is -1.12. The number of hydrogen-bond acceptors (Lipinski definition) is 5. The molecule has 6 heteroatoms. The highest BCUT2D eigenvalue weighted by Crippen LogP contribution is 2.32. The molecule has 16 heavy (non-hydrogen) atoms. The highest BCUT2D eigenvalue weighted by Gasteiger charge is 2.39. The standard InChI is InChI=1S/C10H10N2O3S/c1-10(9(14)15)5-16-8(12-10)7-6(13)3-2-4-11-7/h2-4,13H,5H2,1H3,(H,14,15). The molecule has 1 aliphatic rings. The van der Waals surface area contributed by atoms with Crippen LogP contribution in [0.2, 0.25) is 0 Å². The molecule has 0 saturated heterocycles. The Hall–Kier alpha value is -1.56. The van der Waals surface area contributed by atoms with E-state index < -0.39 is 11.5 Å². The van der Waals surface area contributed by atoms with Gasteiger partial charge in [0.25, 0.3) is 0 Å². The van der Waals surface area contributed by atoms with Crippen LogP contribution in [0.1, 0.15) is 12.6 Å². The summed E-state index contributed by atoms with van der Waals surface area (Å²) in [4.78, 5) is 19.1. The lowest BCUT2D eigenvalue weighted by Gasteiger charge is -2.11. The number of nitrogens with zero attached hydrogens (tertiary/aromatic N) is 2. The van der Waals surface area contributed by atoms with Crippen molar-refractivity contribution in [2.24, 2.45) is 4.99 Å². The Bertz CT molecular complexity index is 475. The molecule has 2 rings (SSSR count). The molecule has 0 bridgehead atoms. The SMILES string of the molecule is CC1(C(=O)O)CSC(c2ncccc2O)=N1. The molecule has 0 aromatic carbocycles. The first-order chi connectivity index (χ1) is 7.53. The van der Waals surface area contributed by atoms with Crippen LogP contribution in [0.5, 0.6) is 5.75 Å². The monoisotopic (exact) mass is 238 g/mol. The molecule has 2 N–H and O–H groups in total. The van der Waals surface area contributed by atoms with Crippen LogP contribution < -0.4 is 0 Å². The van der Waals surface area contributed by atoms with E-state index in [0.29, 0.717) is 16.5 Å². The van der Waals surface area contributed by atoms with Gasteiger partial charge in [-0.05, 0) is 19.1 Å². The van der Waals surface area contributed by atoms with Gasteiger partial charge >= 0.3 is 5.97 Å². The van der Waals surface area contributed by atoms with E-state index in [1.54, 1.807) is 13.0 Å². The maximum absolute atomic E-state index is 11.0. The van der Waals surface area contributed by atoms with Gasteiger partial charge in [-0.3, -0.25) is 9.98 Å². The van der Waals surface area contributed by atoms with Crippen molar-refractivity contribution < 1.29 is 15.0 Å². The van der Waals surface area contributed by atoms with Crippen LogP contribution in [0, 0.1) is 0 Å². The van der Waals surface area contributed by atoms with E-state index in [2.05, 4.69) is 9.98 Å². The molecule has 0 spiro atoms. The molecule has 1 aliphatic heterocycles. The number of hydrogen-bond donors (Lipinski definition) is 2. The number of aromatic nitrogens is 1. The first kappa shape index (κ1) is 10.9. The minimum Gasteiger partial charge on any atom is -0.506 e. The van der Waals surface area contributed by atoms with Gasteiger partial charge in [-0.2, -0.15) is 0 Å². The van der Waals surface area contributed by atoms with Gasteiger partial charge in [-0.15, -0.1) is 11.8 Å². The molecule has 2 heterocycles. The average Bonchev–Trinajstić information content (AvgIpc) is 2.63. The molecule has 84 valence electrons. The fourth-order valence-corrected chi connectivity index (χ4v) is 2.46. The Morgan fingerprint density at radius 1 is 1.62 bits per heavy atom. The number of aliphatic imine (C=N–C) groups is 1. The number of pyridine rings is 1. The number of thioether (sulfide) groups is 1. The van der Waals surface area contributed by atoms with Crippen LogP contribution >= 0.6 is 11.8 Å². The van der Waals surface area contributed by atoms with E-state index in [9.17, 15) is 9.90 Å². The summed E-state index contributed by atoms with van der Waals surface area (Å²) in [6.45, 7) is 1.55. The van der Waals surface area contributed by atoms with Gasteiger partial charge in [0.05, 0.1) is 0 Å². The van der Waals surface area contributed by atoms with Crippen LogP contribution in [-0.4, -0.2) is 37.5 Å². The number of carbonyl (C=O) groups is 1. The molecule has 1 aromatic heterocycles. The lowest BCUT2D eigenvalue weighted by Crippen LogP contribution is -2.33. The zero-order chi connectivity index (χ0) is 11.8. The lowest BCUT2D eigenvalue weighted by atomic mass is 10.1. The Balaban J connectivity index is 2.39. The molecule has 0 saturated carbocycles. The smallest absolute Gasteiger partial charge is 0.332 e. The third-order valence-corrected chi connectivity index (χ3v) is 3.55. The van der Waals surface area contributed by atoms with Gasteiger partial charge in [0, 0.05) is 11.9 Å². The summed E-state index contributed by atoms with van der Waals surface area (Å²) in [5.74, 6) is -0.595. The van der Waals surface area contributed by atoms with Crippen molar-refractivity contribution in [3.05, 3.63) is 24.0 Å². The topological polar surface area (TPSA) is 82.8 Å². The third kappa shape index (κ3) is 1.76. The van der Waals surface area contributed by atoms with Gasteiger partial charge in [0.15, 0.2) is 5.54 Å². The first-order valence-electron chi connectivity index (χ1n) is 4.63. The van der Waals surface area contributed by atoms with Crippen molar-refractivity contribution >= 4 is 22.8 Å². The third-order valence-electron chi connectivity index (χ3n) is 2.29. The maximum Gasteiger partial charge on any atom is 0.332 e. The zero-order valence-corrected chi connectivity index (χ0v) is 9.36. The summed E-state index contributed by atoms with van der Waals surface area (Å²) in [6, 6.07) is 3.11. The van der Waals surface area contributed by atoms with Crippen LogP contribution in [0.4, 0.5) is 0 Å². The fraction of sp³-hybridized carbons (Fsp3) is 0.300. The van der Waals surface area contributed by atoms with Crippen molar-refractivity contribution in [1.82, 2.24) is 4.98 Å². The largest absolute Gasteiger partial charge is 0.506 e. The zero-order valence-electron chi connectivity index (χ0n) is 8.54. The highest BCUT2D eigenvalue weighted by molar-refractivity contribution is 8.14. The predicted octanol–water partition coefficient (Wildman–Crippen LogP) is 1.12. The fourth-order valence-electron chi connectivity index (χ4n) is 1.29. The van der Waals surface area contributed by atoms with Gasteiger partial charge in [-0.25, -0.2) is 4.79 Å². The molecule has 1 aromatic rings. The molecule has 0 radical (unpaired) electrons. The Labute approximate surface area is 96.2 Å². The Morgan fingerprint density at radius 3 is 2.94 bits per heavy atom. The predicted molar refractivity (Wildman–Crippen MR) is 60.9 cm³/mol. The van der Waals surface area contributed by atoms with Crippen molar-refractivity contribution in [3.8, 4) is 5.75 Å². The minimum absolute atomic E-state index is 0.0170.